The average molecular weight is 355 g/mol. The van der Waals surface area contributed by atoms with Crippen molar-refractivity contribution in [1.82, 2.24) is 9.97 Å². The summed E-state index contributed by atoms with van der Waals surface area (Å²) in [5, 5.41) is 3.42. The standard InChI is InChI=1S/C19H18N2OS2/c1-2-9-23-19-20-17(22)16-15(11-24-18(16)21-19)14-8-7-12-5-3-4-6-13(12)10-14/h2,7-8,10-11H,1,3-6,9H2,(H,20,21,22). The number of thioether (sulfide) groups is 1. The molecule has 0 aliphatic heterocycles. The predicted octanol–water partition coefficient (Wildman–Crippen LogP) is 4.81. The van der Waals surface area contributed by atoms with E-state index in [4.69, 9.17) is 0 Å². The van der Waals surface area contributed by atoms with E-state index in [-0.39, 0.29) is 5.56 Å². The fraction of sp³-hybridized carbons (Fsp3) is 0.263. The summed E-state index contributed by atoms with van der Waals surface area (Å²) in [4.78, 5) is 20.9. The van der Waals surface area contributed by atoms with Gasteiger partial charge >= 0.3 is 0 Å². The van der Waals surface area contributed by atoms with Gasteiger partial charge in [0.05, 0.1) is 5.39 Å². The van der Waals surface area contributed by atoms with Gasteiger partial charge in [-0.15, -0.1) is 17.9 Å². The lowest BCUT2D eigenvalue weighted by atomic mass is 9.89. The maximum Gasteiger partial charge on any atom is 0.260 e. The van der Waals surface area contributed by atoms with E-state index in [0.29, 0.717) is 10.5 Å². The maximum absolute atomic E-state index is 12.6. The molecule has 122 valence electrons. The first-order valence-corrected chi connectivity index (χ1v) is 10.00. The minimum absolute atomic E-state index is 0.0551. The summed E-state index contributed by atoms with van der Waals surface area (Å²) in [6, 6.07) is 6.63. The first-order valence-electron chi connectivity index (χ1n) is 8.13. The van der Waals surface area contributed by atoms with Crippen molar-refractivity contribution in [2.24, 2.45) is 0 Å². The van der Waals surface area contributed by atoms with Crippen molar-refractivity contribution < 1.29 is 0 Å². The van der Waals surface area contributed by atoms with Gasteiger partial charge in [0.1, 0.15) is 4.83 Å². The normalized spacial score (nSPS) is 13.8. The number of benzene rings is 1. The highest BCUT2D eigenvalue weighted by atomic mass is 32.2. The predicted molar refractivity (Wildman–Crippen MR) is 103 cm³/mol. The summed E-state index contributed by atoms with van der Waals surface area (Å²) in [5.74, 6) is 0.734. The van der Waals surface area contributed by atoms with Crippen LogP contribution in [0.4, 0.5) is 0 Å². The number of hydrogen-bond donors (Lipinski definition) is 1. The van der Waals surface area contributed by atoms with Crippen LogP contribution in [0.25, 0.3) is 21.3 Å². The Bertz CT molecular complexity index is 971. The lowest BCUT2D eigenvalue weighted by molar-refractivity contribution is 0.686. The molecule has 0 saturated carbocycles. The zero-order valence-electron chi connectivity index (χ0n) is 13.3. The van der Waals surface area contributed by atoms with Crippen LogP contribution >= 0.6 is 23.1 Å². The van der Waals surface area contributed by atoms with Crippen molar-refractivity contribution in [3.05, 3.63) is 57.7 Å². The first-order chi connectivity index (χ1) is 11.8. The van der Waals surface area contributed by atoms with Crippen LogP contribution in [0.15, 0.2) is 46.2 Å². The number of thiophene rings is 1. The van der Waals surface area contributed by atoms with Crippen LogP contribution in [0.5, 0.6) is 0 Å². The molecular weight excluding hydrogens is 336 g/mol. The van der Waals surface area contributed by atoms with Gasteiger partial charge < -0.3 is 4.98 Å². The van der Waals surface area contributed by atoms with Gasteiger partial charge in [-0.05, 0) is 42.4 Å². The third-order valence-corrected chi connectivity index (χ3v) is 6.16. The highest BCUT2D eigenvalue weighted by Gasteiger charge is 2.15. The number of fused-ring (bicyclic) bond motifs is 2. The summed E-state index contributed by atoms with van der Waals surface area (Å²) >= 11 is 3.03. The second-order valence-electron chi connectivity index (χ2n) is 5.99. The van der Waals surface area contributed by atoms with E-state index in [1.54, 1.807) is 0 Å². The SMILES string of the molecule is C=CCSc1nc2scc(-c3ccc4c(c3)CCCC4)c2c(=O)[nH]1. The third kappa shape index (κ3) is 2.82. The van der Waals surface area contributed by atoms with Crippen molar-refractivity contribution in [2.75, 3.05) is 5.75 Å². The molecule has 1 aromatic carbocycles. The molecule has 0 fully saturated rings. The van der Waals surface area contributed by atoms with Crippen LogP contribution in [0.1, 0.15) is 24.0 Å². The number of rotatable bonds is 4. The van der Waals surface area contributed by atoms with Crippen molar-refractivity contribution in [2.45, 2.75) is 30.8 Å². The molecule has 2 heterocycles. The Hall–Kier alpha value is -1.85. The Kier molecular flexibility index (Phi) is 4.29. The number of nitrogens with one attached hydrogen (secondary N) is 1. The summed E-state index contributed by atoms with van der Waals surface area (Å²) in [6.45, 7) is 3.70. The zero-order chi connectivity index (χ0) is 16.5. The molecule has 5 heteroatoms. The number of hydrogen-bond acceptors (Lipinski definition) is 4. The number of aromatic amines is 1. The van der Waals surface area contributed by atoms with Crippen molar-refractivity contribution in [3.8, 4) is 11.1 Å². The van der Waals surface area contributed by atoms with Crippen LogP contribution in [0.3, 0.4) is 0 Å². The smallest absolute Gasteiger partial charge is 0.260 e. The average Bonchev–Trinajstić information content (AvgIpc) is 3.04. The molecule has 0 amide bonds. The van der Waals surface area contributed by atoms with Crippen LogP contribution in [-0.4, -0.2) is 15.7 Å². The fourth-order valence-corrected chi connectivity index (χ4v) is 4.85. The highest BCUT2D eigenvalue weighted by molar-refractivity contribution is 7.99. The second-order valence-corrected chi connectivity index (χ2v) is 7.86. The Balaban J connectivity index is 1.80. The fourth-order valence-electron chi connectivity index (χ4n) is 3.25. The molecule has 3 aromatic rings. The van der Waals surface area contributed by atoms with Crippen molar-refractivity contribution in [1.29, 1.82) is 0 Å². The van der Waals surface area contributed by atoms with Crippen LogP contribution in [0, 0.1) is 0 Å². The molecule has 0 saturated heterocycles. The van der Waals surface area contributed by atoms with Gasteiger partial charge in [-0.1, -0.05) is 36.0 Å². The van der Waals surface area contributed by atoms with Gasteiger partial charge in [0.25, 0.3) is 5.56 Å². The van der Waals surface area contributed by atoms with E-state index in [2.05, 4.69) is 40.1 Å². The monoisotopic (exact) mass is 354 g/mol. The number of nitrogens with zero attached hydrogens (tertiary/aromatic N) is 1. The van der Waals surface area contributed by atoms with Crippen LogP contribution < -0.4 is 5.56 Å². The maximum atomic E-state index is 12.6. The van der Waals surface area contributed by atoms with E-state index in [1.807, 2.05) is 6.08 Å². The molecule has 0 atom stereocenters. The molecule has 0 spiro atoms. The van der Waals surface area contributed by atoms with Crippen molar-refractivity contribution in [3.63, 3.8) is 0 Å². The Morgan fingerprint density at radius 1 is 1.29 bits per heavy atom. The molecule has 0 bridgehead atoms. The highest BCUT2D eigenvalue weighted by Crippen LogP contribution is 2.34. The third-order valence-electron chi connectivity index (χ3n) is 4.42. The van der Waals surface area contributed by atoms with Gasteiger partial charge in [0.2, 0.25) is 0 Å². The van der Waals surface area contributed by atoms with E-state index < -0.39 is 0 Å². The van der Waals surface area contributed by atoms with Gasteiger partial charge in [-0.3, -0.25) is 4.79 Å². The lowest BCUT2D eigenvalue weighted by Crippen LogP contribution is -2.09. The van der Waals surface area contributed by atoms with E-state index in [9.17, 15) is 4.79 Å². The minimum atomic E-state index is -0.0551. The molecular formula is C19H18N2OS2. The Morgan fingerprint density at radius 3 is 2.96 bits per heavy atom. The molecule has 0 unspecified atom stereocenters. The van der Waals surface area contributed by atoms with Crippen molar-refractivity contribution >= 4 is 33.3 Å². The van der Waals surface area contributed by atoms with Gasteiger partial charge in [-0.2, -0.15) is 0 Å². The van der Waals surface area contributed by atoms with Gasteiger partial charge in [0.15, 0.2) is 5.16 Å². The number of aryl methyl sites for hydroxylation is 2. The summed E-state index contributed by atoms with van der Waals surface area (Å²) in [7, 11) is 0. The quantitative estimate of drug-likeness (QED) is 0.415. The van der Waals surface area contributed by atoms with Gasteiger partial charge in [-0.25, -0.2) is 4.98 Å². The van der Waals surface area contributed by atoms with E-state index in [1.165, 1.54) is 53.5 Å². The van der Waals surface area contributed by atoms with E-state index in [0.717, 1.165) is 28.1 Å². The molecule has 1 aliphatic rings. The van der Waals surface area contributed by atoms with Crippen LogP contribution in [-0.2, 0) is 12.8 Å². The summed E-state index contributed by atoms with van der Waals surface area (Å²) in [6.07, 6.45) is 6.66. The molecule has 3 nitrogen and oxygen atoms in total. The van der Waals surface area contributed by atoms with Crippen LogP contribution in [0.2, 0.25) is 0 Å². The molecule has 24 heavy (non-hydrogen) atoms. The molecule has 4 rings (SSSR count). The Labute approximate surface area is 148 Å². The van der Waals surface area contributed by atoms with Gasteiger partial charge in [0, 0.05) is 16.7 Å². The molecule has 2 aromatic heterocycles. The van der Waals surface area contributed by atoms with E-state index >= 15 is 0 Å². The number of H-pyrrole nitrogens is 1. The zero-order valence-corrected chi connectivity index (χ0v) is 14.9. The first kappa shape index (κ1) is 15.7. The minimum Gasteiger partial charge on any atom is -0.301 e. The lowest BCUT2D eigenvalue weighted by Gasteiger charge is -2.16. The second kappa shape index (κ2) is 6.57. The molecule has 1 aliphatic carbocycles. The topological polar surface area (TPSA) is 45.8 Å². The largest absolute Gasteiger partial charge is 0.301 e. The summed E-state index contributed by atoms with van der Waals surface area (Å²) < 4.78 is 0. The molecule has 1 N–H and O–H groups in total. The summed E-state index contributed by atoms with van der Waals surface area (Å²) in [5.41, 5.74) is 4.96. The molecule has 0 radical (unpaired) electrons. The number of aromatic nitrogens is 2. The Morgan fingerprint density at radius 2 is 2.12 bits per heavy atom.